The summed E-state index contributed by atoms with van der Waals surface area (Å²) < 4.78 is 0.787. The number of aliphatic imine (C=N–C) groups is 1. The second-order valence-corrected chi connectivity index (χ2v) is 5.23. The molecule has 3 heterocycles. The van der Waals surface area contributed by atoms with E-state index < -0.39 is 0 Å². The van der Waals surface area contributed by atoms with E-state index in [1.165, 1.54) is 6.20 Å². The van der Waals surface area contributed by atoms with Crippen LogP contribution in [0.1, 0.15) is 35.8 Å². The fraction of sp³-hybridized carbons (Fsp3) is 0.312. The first-order chi connectivity index (χ1) is 10.1. The monoisotopic (exact) mass is 283 g/mol. The van der Waals surface area contributed by atoms with Crippen LogP contribution in [0.4, 0.5) is 0 Å². The van der Waals surface area contributed by atoms with E-state index in [1.54, 1.807) is 30.3 Å². The summed E-state index contributed by atoms with van der Waals surface area (Å²) in [4.78, 5) is 18.8. The molecule has 0 fully saturated rings. The first-order valence-corrected chi connectivity index (χ1v) is 7.08. The molecule has 108 valence electrons. The van der Waals surface area contributed by atoms with Gasteiger partial charge in [-0.15, -0.1) is 0 Å². The van der Waals surface area contributed by atoms with Crippen molar-refractivity contribution in [2.75, 3.05) is 7.05 Å². The molecule has 1 aromatic heterocycles. The third-order valence-corrected chi connectivity index (χ3v) is 3.90. The highest BCUT2D eigenvalue weighted by Crippen LogP contribution is 2.33. The van der Waals surface area contributed by atoms with E-state index in [2.05, 4.69) is 11.9 Å². The summed E-state index contributed by atoms with van der Waals surface area (Å²) in [5, 5.41) is 12.3. The van der Waals surface area contributed by atoms with E-state index >= 15 is 0 Å². The molecule has 3 rings (SSSR count). The molecular formula is C16H17N3O2. The highest BCUT2D eigenvalue weighted by atomic mass is 16.5. The molecule has 0 aromatic carbocycles. The van der Waals surface area contributed by atoms with Crippen LogP contribution >= 0.6 is 0 Å². The van der Waals surface area contributed by atoms with Crippen LogP contribution in [-0.4, -0.2) is 30.1 Å². The number of aromatic nitrogens is 1. The number of hydrogen-bond acceptors (Lipinski definition) is 3. The van der Waals surface area contributed by atoms with Gasteiger partial charge in [0.25, 0.3) is 5.91 Å². The summed E-state index contributed by atoms with van der Waals surface area (Å²) in [6.45, 7) is 2.05. The third-order valence-electron chi connectivity index (χ3n) is 3.90. The average molecular weight is 283 g/mol. The van der Waals surface area contributed by atoms with Gasteiger partial charge in [0.15, 0.2) is 6.20 Å². The highest BCUT2D eigenvalue weighted by Gasteiger charge is 2.36. The number of dihydropyridines is 1. The predicted molar refractivity (Wildman–Crippen MR) is 80.7 cm³/mol. The minimum Gasteiger partial charge on any atom is -0.618 e. The van der Waals surface area contributed by atoms with Gasteiger partial charge in [0.1, 0.15) is 5.56 Å². The Morgan fingerprint density at radius 2 is 2.29 bits per heavy atom. The summed E-state index contributed by atoms with van der Waals surface area (Å²) in [5.41, 5.74) is 2.56. The fourth-order valence-corrected chi connectivity index (χ4v) is 2.91. The van der Waals surface area contributed by atoms with Crippen LogP contribution in [-0.2, 0) is 0 Å². The molecule has 5 heteroatoms. The lowest BCUT2D eigenvalue weighted by molar-refractivity contribution is -0.608. The Labute approximate surface area is 123 Å². The average Bonchev–Trinajstić information content (AvgIpc) is 2.59. The molecule has 1 amide bonds. The van der Waals surface area contributed by atoms with E-state index in [0.717, 1.165) is 28.8 Å². The standard InChI is InChI=1S/C16H17N3O2/c1-3-6-11-14-13(8-4-9-17-14)18(2)16(20)12-7-5-10-19(21)15(11)12/h4-5,7-10,13H,3,6H2,1-2H3. The number of carbonyl (C=O) groups excluding carboxylic acids is 1. The normalized spacial score (nSPS) is 20.4. The molecule has 21 heavy (non-hydrogen) atoms. The lowest BCUT2D eigenvalue weighted by Crippen LogP contribution is -2.37. The maximum Gasteiger partial charge on any atom is 0.261 e. The van der Waals surface area contributed by atoms with Crippen LogP contribution in [0.3, 0.4) is 0 Å². The minimum absolute atomic E-state index is 0.148. The molecule has 1 aromatic rings. The lowest BCUT2D eigenvalue weighted by Gasteiger charge is -2.26. The van der Waals surface area contributed by atoms with Crippen molar-refractivity contribution in [3.63, 3.8) is 0 Å². The van der Waals surface area contributed by atoms with Gasteiger partial charge >= 0.3 is 0 Å². The van der Waals surface area contributed by atoms with Gasteiger partial charge in [0.05, 0.1) is 11.7 Å². The quantitative estimate of drug-likeness (QED) is 0.615. The Morgan fingerprint density at radius 1 is 1.48 bits per heavy atom. The van der Waals surface area contributed by atoms with Gasteiger partial charge in [0.2, 0.25) is 5.69 Å². The summed E-state index contributed by atoms with van der Waals surface area (Å²) in [5.74, 6) is -0.148. The minimum atomic E-state index is -0.212. The van der Waals surface area contributed by atoms with Crippen LogP contribution < -0.4 is 4.73 Å². The predicted octanol–water partition coefficient (Wildman–Crippen LogP) is 1.93. The van der Waals surface area contributed by atoms with Gasteiger partial charge in [-0.3, -0.25) is 9.79 Å². The van der Waals surface area contributed by atoms with Gasteiger partial charge in [-0.25, -0.2) is 0 Å². The van der Waals surface area contributed by atoms with Gasteiger partial charge < -0.3 is 10.1 Å². The van der Waals surface area contributed by atoms with Crippen molar-refractivity contribution in [2.24, 2.45) is 4.99 Å². The largest absolute Gasteiger partial charge is 0.618 e. The smallest absolute Gasteiger partial charge is 0.261 e. The number of likely N-dealkylation sites (N-methyl/N-ethyl adjacent to an activating group) is 1. The molecule has 0 saturated heterocycles. The fourth-order valence-electron chi connectivity index (χ4n) is 2.91. The van der Waals surface area contributed by atoms with Crippen LogP contribution in [0.15, 0.2) is 41.2 Å². The summed E-state index contributed by atoms with van der Waals surface area (Å²) in [6, 6.07) is 3.11. The van der Waals surface area contributed by atoms with Crippen LogP contribution in [0.5, 0.6) is 0 Å². The molecular weight excluding hydrogens is 266 g/mol. The molecule has 0 radical (unpaired) electrons. The lowest BCUT2D eigenvalue weighted by atomic mass is 9.98. The van der Waals surface area contributed by atoms with Gasteiger partial charge in [-0.2, -0.15) is 4.73 Å². The molecule has 2 aliphatic heterocycles. The highest BCUT2D eigenvalue weighted by molar-refractivity contribution is 6.00. The summed E-state index contributed by atoms with van der Waals surface area (Å²) >= 11 is 0. The molecule has 0 saturated carbocycles. The molecule has 0 N–H and O–H groups in total. The topological polar surface area (TPSA) is 59.6 Å². The molecule has 0 bridgehead atoms. The number of allylic oxidation sites excluding steroid dienone is 2. The van der Waals surface area contributed by atoms with Crippen molar-refractivity contribution in [2.45, 2.75) is 25.8 Å². The zero-order chi connectivity index (χ0) is 15.0. The summed E-state index contributed by atoms with van der Waals surface area (Å²) in [6.07, 6.45) is 8.53. The van der Waals surface area contributed by atoms with Crippen molar-refractivity contribution >= 4 is 17.7 Å². The molecule has 1 unspecified atom stereocenters. The van der Waals surface area contributed by atoms with Gasteiger partial charge in [-0.05, 0) is 18.6 Å². The van der Waals surface area contributed by atoms with Crippen LogP contribution in [0.25, 0.3) is 5.57 Å². The number of nitrogens with zero attached hydrogens (tertiary/aromatic N) is 3. The van der Waals surface area contributed by atoms with Gasteiger partial charge in [-0.1, -0.05) is 19.4 Å². The maximum absolute atomic E-state index is 12.7. The molecule has 2 aliphatic rings. The Balaban J connectivity index is 2.33. The zero-order valence-corrected chi connectivity index (χ0v) is 12.1. The maximum atomic E-state index is 12.7. The third kappa shape index (κ3) is 2.05. The number of amides is 1. The van der Waals surface area contributed by atoms with E-state index in [-0.39, 0.29) is 11.9 Å². The van der Waals surface area contributed by atoms with Crippen LogP contribution in [0.2, 0.25) is 0 Å². The zero-order valence-electron chi connectivity index (χ0n) is 12.1. The van der Waals surface area contributed by atoms with Crippen molar-refractivity contribution in [1.29, 1.82) is 0 Å². The van der Waals surface area contributed by atoms with E-state index in [4.69, 9.17) is 0 Å². The van der Waals surface area contributed by atoms with Crippen molar-refractivity contribution in [3.8, 4) is 0 Å². The SMILES string of the molecule is CCCC1=C2N=CC=CC2N(C)C(=O)c2ccc[n+]([O-])c21. The van der Waals surface area contributed by atoms with E-state index in [0.29, 0.717) is 11.3 Å². The number of carbonyl (C=O) groups is 1. The Kier molecular flexibility index (Phi) is 3.33. The first-order valence-electron chi connectivity index (χ1n) is 7.08. The van der Waals surface area contributed by atoms with Crippen molar-refractivity contribution in [3.05, 3.63) is 52.6 Å². The molecule has 1 atom stereocenters. The Morgan fingerprint density at radius 3 is 3.05 bits per heavy atom. The van der Waals surface area contributed by atoms with E-state index in [9.17, 15) is 10.0 Å². The Hall–Kier alpha value is -2.43. The number of rotatable bonds is 2. The number of hydrogen-bond donors (Lipinski definition) is 0. The first kappa shape index (κ1) is 13.5. The Bertz CT molecular complexity index is 689. The van der Waals surface area contributed by atoms with E-state index in [1.807, 2.05) is 12.2 Å². The second-order valence-electron chi connectivity index (χ2n) is 5.23. The molecule has 0 spiro atoms. The number of pyridine rings is 1. The number of fused-ring (bicyclic) bond motifs is 2. The van der Waals surface area contributed by atoms with Crippen LogP contribution in [0, 0.1) is 5.21 Å². The molecule has 0 aliphatic carbocycles. The summed E-state index contributed by atoms with van der Waals surface area (Å²) in [7, 11) is 1.75. The van der Waals surface area contributed by atoms with Crippen molar-refractivity contribution < 1.29 is 9.52 Å². The van der Waals surface area contributed by atoms with Gasteiger partial charge in [0, 0.05) is 24.9 Å². The molecule has 5 nitrogen and oxygen atoms in total. The van der Waals surface area contributed by atoms with Crippen molar-refractivity contribution in [1.82, 2.24) is 4.90 Å². The second kappa shape index (κ2) is 5.16.